The summed E-state index contributed by atoms with van der Waals surface area (Å²) in [5, 5.41) is 28.7. The van der Waals surface area contributed by atoms with Gasteiger partial charge in [-0.1, -0.05) is 18.2 Å². The molecule has 0 amide bonds. The Morgan fingerprint density at radius 1 is 1.17 bits per heavy atom. The number of benzene rings is 1. The monoisotopic (exact) mass is 272 g/mol. The molecule has 0 aliphatic carbocycles. The average Bonchev–Trinajstić information content (AvgIpc) is 2.40. The Bertz CT molecular complexity index is 374. The number of para-hydroxylation sites is 1. The summed E-state index contributed by atoms with van der Waals surface area (Å²) in [6.07, 6.45) is -4.02. The molecule has 1 saturated heterocycles. The Balaban J connectivity index is 2.08. The van der Waals surface area contributed by atoms with E-state index in [9.17, 15) is 10.2 Å². The van der Waals surface area contributed by atoms with Gasteiger partial charge in [0.05, 0.1) is 6.61 Å². The Morgan fingerprint density at radius 2 is 1.83 bits per heavy atom. The van der Waals surface area contributed by atoms with Crippen LogP contribution in [0.25, 0.3) is 0 Å². The summed E-state index contributed by atoms with van der Waals surface area (Å²) in [6, 6.07) is 8.91. The van der Waals surface area contributed by atoms with Gasteiger partial charge >= 0.3 is 0 Å². The van der Waals surface area contributed by atoms with Gasteiger partial charge in [0, 0.05) is 0 Å². The fourth-order valence-electron chi connectivity index (χ4n) is 1.86. The zero-order valence-electron chi connectivity index (χ0n) is 9.59. The molecule has 6 heteroatoms. The van der Waals surface area contributed by atoms with Crippen molar-refractivity contribution in [3.8, 4) is 5.75 Å². The van der Waals surface area contributed by atoms with Crippen LogP contribution in [0.3, 0.4) is 0 Å². The number of ether oxygens (including phenoxy) is 2. The molecule has 1 aromatic rings. The highest BCUT2D eigenvalue weighted by atomic mass is 32.1. The van der Waals surface area contributed by atoms with Crippen molar-refractivity contribution >= 4 is 12.6 Å². The maximum Gasteiger partial charge on any atom is 0.162 e. The molecule has 0 spiro atoms. The summed E-state index contributed by atoms with van der Waals surface area (Å²) < 4.78 is 10.8. The summed E-state index contributed by atoms with van der Waals surface area (Å²) in [5.41, 5.74) is -0.722. The van der Waals surface area contributed by atoms with Gasteiger partial charge in [-0.25, -0.2) is 0 Å². The predicted molar refractivity (Wildman–Crippen MR) is 67.6 cm³/mol. The fraction of sp³-hybridized carbons (Fsp3) is 0.500. The van der Waals surface area contributed by atoms with Crippen LogP contribution < -0.4 is 4.74 Å². The molecule has 0 saturated carbocycles. The summed E-state index contributed by atoms with van der Waals surface area (Å²) in [4.78, 5) is 0. The van der Waals surface area contributed by atoms with E-state index < -0.39 is 29.9 Å². The standard InChI is InChI=1S/C12H16O5S/c13-6-8-9(14)10(15)11(12(18)17-8)16-7-4-2-1-3-5-7/h1-5,8-15,18H,6H2/t8-,9-,10+,11-,12-/m1/s1. The third-order valence-electron chi connectivity index (χ3n) is 2.86. The Morgan fingerprint density at radius 3 is 2.44 bits per heavy atom. The van der Waals surface area contributed by atoms with E-state index in [1.807, 2.05) is 6.07 Å². The van der Waals surface area contributed by atoms with Gasteiger partial charge in [0.2, 0.25) is 0 Å². The van der Waals surface area contributed by atoms with Crippen molar-refractivity contribution in [3.63, 3.8) is 0 Å². The zero-order valence-corrected chi connectivity index (χ0v) is 10.5. The van der Waals surface area contributed by atoms with Gasteiger partial charge in [-0.3, -0.25) is 0 Å². The molecule has 0 unspecified atom stereocenters. The number of aliphatic hydroxyl groups is 3. The van der Waals surface area contributed by atoms with E-state index in [2.05, 4.69) is 12.6 Å². The number of rotatable bonds is 3. The largest absolute Gasteiger partial charge is 0.484 e. The van der Waals surface area contributed by atoms with E-state index in [0.717, 1.165) is 0 Å². The van der Waals surface area contributed by atoms with Crippen LogP contribution in [0.4, 0.5) is 0 Å². The smallest absolute Gasteiger partial charge is 0.162 e. The van der Waals surface area contributed by atoms with Gasteiger partial charge in [-0.2, -0.15) is 0 Å². The molecule has 100 valence electrons. The van der Waals surface area contributed by atoms with Gasteiger partial charge in [-0.05, 0) is 12.1 Å². The predicted octanol–water partition coefficient (Wildman–Crippen LogP) is -0.197. The van der Waals surface area contributed by atoms with Crippen LogP contribution in [0.15, 0.2) is 30.3 Å². The van der Waals surface area contributed by atoms with E-state index >= 15 is 0 Å². The third-order valence-corrected chi connectivity index (χ3v) is 3.27. The highest BCUT2D eigenvalue weighted by molar-refractivity contribution is 7.80. The molecule has 5 nitrogen and oxygen atoms in total. The quantitative estimate of drug-likeness (QED) is 0.573. The van der Waals surface area contributed by atoms with E-state index in [-0.39, 0.29) is 6.61 Å². The highest BCUT2D eigenvalue weighted by Crippen LogP contribution is 2.27. The van der Waals surface area contributed by atoms with Crippen molar-refractivity contribution in [2.45, 2.75) is 29.9 Å². The van der Waals surface area contributed by atoms with Crippen molar-refractivity contribution in [2.75, 3.05) is 6.61 Å². The van der Waals surface area contributed by atoms with Crippen LogP contribution in [-0.4, -0.2) is 51.8 Å². The van der Waals surface area contributed by atoms with Crippen LogP contribution in [0.1, 0.15) is 0 Å². The second-order valence-corrected chi connectivity index (χ2v) is 4.63. The minimum Gasteiger partial charge on any atom is -0.484 e. The fourth-order valence-corrected chi connectivity index (χ4v) is 2.25. The molecule has 0 bridgehead atoms. The topological polar surface area (TPSA) is 79.2 Å². The molecule has 18 heavy (non-hydrogen) atoms. The lowest BCUT2D eigenvalue weighted by Gasteiger charge is -2.40. The molecule has 1 aromatic carbocycles. The minimum absolute atomic E-state index is 0.382. The van der Waals surface area contributed by atoms with Crippen LogP contribution in [0.5, 0.6) is 5.75 Å². The number of thiol groups is 1. The van der Waals surface area contributed by atoms with Crippen molar-refractivity contribution in [1.29, 1.82) is 0 Å². The SMILES string of the molecule is OC[C@H]1O[C@H](S)[C@H](Oc2ccccc2)[C@@H](O)[C@@H]1O. The molecule has 1 aliphatic rings. The molecular formula is C12H16O5S. The van der Waals surface area contributed by atoms with E-state index in [4.69, 9.17) is 14.6 Å². The first-order valence-electron chi connectivity index (χ1n) is 5.65. The maximum atomic E-state index is 9.96. The molecule has 1 heterocycles. The van der Waals surface area contributed by atoms with Crippen molar-refractivity contribution < 1.29 is 24.8 Å². The second kappa shape index (κ2) is 5.90. The van der Waals surface area contributed by atoms with Gasteiger partial charge in [-0.15, -0.1) is 12.6 Å². The minimum atomic E-state index is -1.20. The maximum absolute atomic E-state index is 9.96. The van der Waals surface area contributed by atoms with Gasteiger partial charge in [0.15, 0.2) is 6.10 Å². The second-order valence-electron chi connectivity index (χ2n) is 4.12. The first kappa shape index (κ1) is 13.6. The average molecular weight is 272 g/mol. The zero-order chi connectivity index (χ0) is 13.1. The van der Waals surface area contributed by atoms with Gasteiger partial charge < -0.3 is 24.8 Å². The molecule has 2 rings (SSSR count). The normalized spacial score (nSPS) is 36.3. The van der Waals surface area contributed by atoms with Crippen LogP contribution in [-0.2, 0) is 4.74 Å². The lowest BCUT2D eigenvalue weighted by molar-refractivity contribution is -0.198. The van der Waals surface area contributed by atoms with E-state index in [1.165, 1.54) is 0 Å². The van der Waals surface area contributed by atoms with Crippen molar-refractivity contribution in [1.82, 2.24) is 0 Å². The van der Waals surface area contributed by atoms with Crippen molar-refractivity contribution in [3.05, 3.63) is 30.3 Å². The third kappa shape index (κ3) is 2.78. The van der Waals surface area contributed by atoms with Crippen LogP contribution in [0.2, 0.25) is 0 Å². The molecule has 3 N–H and O–H groups in total. The molecule has 0 radical (unpaired) electrons. The Hall–Kier alpha value is -0.790. The molecule has 1 fully saturated rings. The summed E-state index contributed by atoms with van der Waals surface area (Å²) in [6.45, 7) is -0.382. The van der Waals surface area contributed by atoms with E-state index in [1.54, 1.807) is 24.3 Å². The summed E-state index contributed by atoms with van der Waals surface area (Å²) in [5.74, 6) is 0.554. The van der Waals surface area contributed by atoms with Gasteiger partial charge in [0.1, 0.15) is 29.5 Å². The number of hydrogen-bond donors (Lipinski definition) is 4. The van der Waals surface area contributed by atoms with Crippen LogP contribution >= 0.6 is 12.6 Å². The summed E-state index contributed by atoms with van der Waals surface area (Å²) >= 11 is 4.17. The Kier molecular flexibility index (Phi) is 4.47. The molecule has 0 aromatic heterocycles. The number of aliphatic hydroxyl groups excluding tert-OH is 3. The van der Waals surface area contributed by atoms with Crippen LogP contribution in [0, 0.1) is 0 Å². The molecule has 1 aliphatic heterocycles. The highest BCUT2D eigenvalue weighted by Gasteiger charge is 2.44. The Labute approximate surface area is 110 Å². The van der Waals surface area contributed by atoms with E-state index in [0.29, 0.717) is 5.75 Å². The summed E-state index contributed by atoms with van der Waals surface area (Å²) in [7, 11) is 0. The first-order chi connectivity index (χ1) is 8.63. The lowest BCUT2D eigenvalue weighted by atomic mass is 10.00. The lowest BCUT2D eigenvalue weighted by Crippen LogP contribution is -2.58. The van der Waals surface area contributed by atoms with Crippen molar-refractivity contribution in [2.24, 2.45) is 0 Å². The van der Waals surface area contributed by atoms with Gasteiger partial charge in [0.25, 0.3) is 0 Å². The molecular weight excluding hydrogens is 256 g/mol. The molecule has 5 atom stereocenters. The first-order valence-corrected chi connectivity index (χ1v) is 6.17. The number of hydrogen-bond acceptors (Lipinski definition) is 6.